The maximum absolute atomic E-state index is 5.06. The van der Waals surface area contributed by atoms with Crippen molar-refractivity contribution in [1.29, 1.82) is 0 Å². The lowest BCUT2D eigenvalue weighted by Gasteiger charge is -2.32. The van der Waals surface area contributed by atoms with Crippen LogP contribution in [0.4, 0.5) is 0 Å². The molecule has 0 amide bonds. The molecule has 0 N–H and O–H groups in total. The number of benzene rings is 2. The highest BCUT2D eigenvalue weighted by Crippen LogP contribution is 2.32. The van der Waals surface area contributed by atoms with Crippen molar-refractivity contribution >= 4 is 34.0 Å². The zero-order valence-electron chi connectivity index (χ0n) is 26.8. The zero-order valence-corrected chi connectivity index (χ0v) is 27.6. The van der Waals surface area contributed by atoms with Crippen LogP contribution in [0.5, 0.6) is 0 Å². The van der Waals surface area contributed by atoms with Crippen LogP contribution < -0.4 is 0 Å². The Morgan fingerprint density at radius 1 is 0.644 bits per heavy atom. The Bertz CT molecular complexity index is 1550. The predicted molar refractivity (Wildman–Crippen MR) is 190 cm³/mol. The van der Waals surface area contributed by atoms with Gasteiger partial charge in [-0.15, -0.1) is 11.3 Å². The molecule has 8 nitrogen and oxygen atoms in total. The molecule has 2 aromatic heterocycles. The van der Waals surface area contributed by atoms with E-state index in [-0.39, 0.29) is 0 Å². The number of thiophene rings is 1. The van der Waals surface area contributed by atoms with Gasteiger partial charge in [-0.2, -0.15) is 0 Å². The summed E-state index contributed by atoms with van der Waals surface area (Å²) in [4.78, 5) is 30.2. The first kappa shape index (κ1) is 31.6. The molecular formula is C36H46N8S. The smallest absolute Gasteiger partial charge is 0.161 e. The summed E-state index contributed by atoms with van der Waals surface area (Å²) < 4.78 is 0. The van der Waals surface area contributed by atoms with E-state index in [0.717, 1.165) is 83.0 Å². The molecule has 0 bridgehead atoms. The molecule has 4 aromatic rings. The third-order valence-corrected chi connectivity index (χ3v) is 9.68. The van der Waals surface area contributed by atoms with Gasteiger partial charge in [-0.1, -0.05) is 48.5 Å². The quantitative estimate of drug-likeness (QED) is 0.161. The third kappa shape index (κ3) is 8.89. The van der Waals surface area contributed by atoms with E-state index in [9.17, 15) is 0 Å². The van der Waals surface area contributed by atoms with Crippen LogP contribution in [0.25, 0.3) is 32.9 Å². The predicted octanol–water partition coefficient (Wildman–Crippen LogP) is 5.14. The van der Waals surface area contributed by atoms with Gasteiger partial charge in [0, 0.05) is 94.4 Å². The largest absolute Gasteiger partial charge is 0.304 e. The molecule has 2 aliphatic rings. The average Bonchev–Trinajstić information content (AvgIpc) is 3.55. The Hall–Kier alpha value is -3.34. The van der Waals surface area contributed by atoms with Gasteiger partial charge in [0.1, 0.15) is 4.83 Å². The summed E-state index contributed by atoms with van der Waals surface area (Å²) in [6, 6.07) is 19.1. The molecule has 0 aliphatic carbocycles. The molecule has 9 heteroatoms. The molecule has 0 radical (unpaired) electrons. The highest BCUT2D eigenvalue weighted by Gasteiger charge is 2.15. The van der Waals surface area contributed by atoms with Crippen LogP contribution in [-0.4, -0.2) is 135 Å². The van der Waals surface area contributed by atoms with Crippen LogP contribution >= 0.6 is 11.3 Å². The summed E-state index contributed by atoms with van der Waals surface area (Å²) in [6.45, 7) is 13.3. The summed E-state index contributed by atoms with van der Waals surface area (Å²) in [6.07, 6.45) is 6.18. The molecular weight excluding hydrogens is 577 g/mol. The van der Waals surface area contributed by atoms with Crippen molar-refractivity contribution in [2.45, 2.75) is 12.8 Å². The fourth-order valence-electron chi connectivity index (χ4n) is 5.90. The van der Waals surface area contributed by atoms with Gasteiger partial charge in [0.15, 0.2) is 5.82 Å². The molecule has 2 fully saturated rings. The van der Waals surface area contributed by atoms with E-state index in [2.05, 4.69) is 98.7 Å². The third-order valence-electron chi connectivity index (χ3n) is 8.87. The molecule has 0 unspecified atom stereocenters. The van der Waals surface area contributed by atoms with Gasteiger partial charge in [0.25, 0.3) is 0 Å². The van der Waals surface area contributed by atoms with Gasteiger partial charge < -0.3 is 19.6 Å². The van der Waals surface area contributed by atoms with Gasteiger partial charge in [0.05, 0.1) is 5.69 Å². The molecule has 4 heterocycles. The summed E-state index contributed by atoms with van der Waals surface area (Å²) in [7, 11) is 4.40. The molecule has 2 aliphatic heterocycles. The average molecular weight is 623 g/mol. The number of nitrogens with zero attached hydrogens (tertiary/aromatic N) is 8. The minimum atomic E-state index is 0.751. The van der Waals surface area contributed by atoms with E-state index in [1.54, 1.807) is 11.3 Å². The van der Waals surface area contributed by atoms with Crippen LogP contribution in [0.1, 0.15) is 24.0 Å². The Kier molecular flexibility index (Phi) is 11.1. The molecule has 0 atom stereocenters. The molecule has 6 rings (SSSR count). The monoisotopic (exact) mass is 622 g/mol. The lowest BCUT2D eigenvalue weighted by Crippen LogP contribution is -2.44. The Labute approximate surface area is 272 Å². The van der Waals surface area contributed by atoms with Crippen LogP contribution in [0.15, 0.2) is 70.0 Å². The number of likely N-dealkylation sites (N-methyl/N-ethyl adjacent to an activating group) is 2. The highest BCUT2D eigenvalue weighted by molar-refractivity contribution is 7.16. The molecule has 2 aromatic carbocycles. The maximum Gasteiger partial charge on any atom is 0.161 e. The molecule has 0 spiro atoms. The molecule has 2 saturated heterocycles. The van der Waals surface area contributed by atoms with Crippen molar-refractivity contribution in [3.05, 3.63) is 71.1 Å². The highest BCUT2D eigenvalue weighted by atomic mass is 32.1. The van der Waals surface area contributed by atoms with Gasteiger partial charge in [-0.3, -0.25) is 9.98 Å². The number of hydrogen-bond donors (Lipinski definition) is 0. The maximum atomic E-state index is 5.06. The second kappa shape index (κ2) is 15.8. The number of fused-ring (bicyclic) bond motifs is 1. The van der Waals surface area contributed by atoms with E-state index in [1.807, 2.05) is 12.4 Å². The fraction of sp³-hybridized carbons (Fsp3) is 0.444. The topological polar surface area (TPSA) is 63.5 Å². The molecule has 45 heavy (non-hydrogen) atoms. The lowest BCUT2D eigenvalue weighted by atomic mass is 10.1. The van der Waals surface area contributed by atoms with Crippen molar-refractivity contribution in [3.8, 4) is 22.6 Å². The van der Waals surface area contributed by atoms with Crippen molar-refractivity contribution in [1.82, 2.24) is 29.6 Å². The minimum Gasteiger partial charge on any atom is -0.304 e. The molecule has 0 saturated carbocycles. The number of rotatable bonds is 12. The number of piperazine rings is 2. The van der Waals surface area contributed by atoms with Gasteiger partial charge in [0.2, 0.25) is 0 Å². The number of aliphatic imine (C=N–C) groups is 2. The van der Waals surface area contributed by atoms with Crippen LogP contribution in [0, 0.1) is 0 Å². The van der Waals surface area contributed by atoms with Crippen molar-refractivity contribution in [2.24, 2.45) is 9.98 Å². The van der Waals surface area contributed by atoms with E-state index in [4.69, 9.17) is 15.0 Å². The van der Waals surface area contributed by atoms with Crippen molar-refractivity contribution in [3.63, 3.8) is 0 Å². The first-order chi connectivity index (χ1) is 22.1. The van der Waals surface area contributed by atoms with Crippen molar-refractivity contribution in [2.75, 3.05) is 92.6 Å². The van der Waals surface area contributed by atoms with Crippen LogP contribution in [-0.2, 0) is 0 Å². The fourth-order valence-corrected chi connectivity index (χ4v) is 6.67. The zero-order chi connectivity index (χ0) is 30.8. The van der Waals surface area contributed by atoms with Crippen molar-refractivity contribution < 1.29 is 0 Å². The van der Waals surface area contributed by atoms with Crippen LogP contribution in [0.2, 0.25) is 0 Å². The summed E-state index contributed by atoms with van der Waals surface area (Å²) >= 11 is 1.66. The second-order valence-corrected chi connectivity index (χ2v) is 13.2. The normalized spacial score (nSPS) is 17.7. The lowest BCUT2D eigenvalue weighted by molar-refractivity contribution is 0.153. The Morgan fingerprint density at radius 3 is 1.69 bits per heavy atom. The number of hydrogen-bond acceptors (Lipinski definition) is 9. The summed E-state index contributed by atoms with van der Waals surface area (Å²) in [5, 5.41) is 3.19. The minimum absolute atomic E-state index is 0.751. The standard InChI is InChI=1S/C36H46N8S/c1-41-18-22-43(23-19-41)16-3-14-37-27-29-5-9-31(10-6-29)34-33-13-26-45-36(33)40-35(39-34)32-11-7-30(8-12-32)28-38-15-4-17-44-24-20-42(2)21-25-44/h5-13,26-28H,3-4,14-25H2,1-2H3. The Morgan fingerprint density at radius 2 is 1.16 bits per heavy atom. The van der Waals surface area contributed by atoms with E-state index in [0.29, 0.717) is 0 Å². The van der Waals surface area contributed by atoms with Gasteiger partial charge in [-0.25, -0.2) is 9.97 Å². The Balaban J connectivity index is 1.04. The van der Waals surface area contributed by atoms with E-state index >= 15 is 0 Å². The molecule has 236 valence electrons. The summed E-state index contributed by atoms with van der Waals surface area (Å²) in [5.41, 5.74) is 5.30. The van der Waals surface area contributed by atoms with Crippen LogP contribution in [0.3, 0.4) is 0 Å². The number of aromatic nitrogens is 2. The van der Waals surface area contributed by atoms with E-state index < -0.39 is 0 Å². The second-order valence-electron chi connectivity index (χ2n) is 12.3. The van der Waals surface area contributed by atoms with Gasteiger partial charge >= 0.3 is 0 Å². The first-order valence-electron chi connectivity index (χ1n) is 16.4. The summed E-state index contributed by atoms with van der Waals surface area (Å²) in [5.74, 6) is 0.751. The van der Waals surface area contributed by atoms with Gasteiger partial charge in [-0.05, 0) is 62.6 Å². The first-order valence-corrected chi connectivity index (χ1v) is 17.3. The SMILES string of the molecule is CN1CCN(CCCN=Cc2ccc(-c3nc(-c4ccc(C=NCCCN5CCN(C)CC5)cc4)c4ccsc4n3)cc2)CC1. The van der Waals surface area contributed by atoms with E-state index in [1.165, 1.54) is 52.4 Å².